The lowest BCUT2D eigenvalue weighted by molar-refractivity contribution is -0.137. The van der Waals surface area contributed by atoms with Crippen molar-refractivity contribution >= 4 is 38.1 Å². The van der Waals surface area contributed by atoms with E-state index in [1.165, 1.54) is 30.3 Å². The highest BCUT2D eigenvalue weighted by Gasteiger charge is 2.30. The second-order valence-electron chi connectivity index (χ2n) is 8.19. The SMILES string of the molecule is CC[C@H](Oc1cccc2ccccc12)C(=O)Nc1ccc(S(=O)(=O)Nc2cccc(C(F)(F)F)c2)cc1. The number of benzene rings is 4. The van der Waals surface area contributed by atoms with Gasteiger partial charge in [-0.15, -0.1) is 0 Å². The number of sulfonamides is 1. The third-order valence-corrected chi connectivity index (χ3v) is 6.95. The average Bonchev–Trinajstić information content (AvgIpc) is 2.87. The van der Waals surface area contributed by atoms with Gasteiger partial charge in [-0.2, -0.15) is 13.2 Å². The standard InChI is InChI=1S/C27H23F3N2O4S/c1-2-24(36-25-12-5-8-18-7-3-4-11-23(18)25)26(33)31-20-13-15-22(16-14-20)37(34,35)32-21-10-6-9-19(17-21)27(28,29)30/h3-17,24,32H,2H2,1H3,(H,31,33)/t24-/m0/s1. The molecule has 0 fully saturated rings. The molecule has 0 aliphatic carbocycles. The molecule has 10 heteroatoms. The summed E-state index contributed by atoms with van der Waals surface area (Å²) in [6.07, 6.45) is -5.01. The monoisotopic (exact) mass is 528 g/mol. The maximum absolute atomic E-state index is 12.9. The summed E-state index contributed by atoms with van der Waals surface area (Å²) in [6, 6.07) is 22.4. The van der Waals surface area contributed by atoms with Crippen molar-refractivity contribution in [2.24, 2.45) is 0 Å². The maximum Gasteiger partial charge on any atom is 0.416 e. The largest absolute Gasteiger partial charge is 0.480 e. The quantitative estimate of drug-likeness (QED) is 0.275. The van der Waals surface area contributed by atoms with E-state index in [0.29, 0.717) is 23.9 Å². The predicted octanol–water partition coefficient (Wildman–Crippen LogP) is 6.46. The molecule has 0 aliphatic heterocycles. The topological polar surface area (TPSA) is 84.5 Å². The molecule has 6 nitrogen and oxygen atoms in total. The van der Waals surface area contributed by atoms with Crippen LogP contribution in [-0.4, -0.2) is 20.4 Å². The van der Waals surface area contributed by atoms with Crippen LogP contribution in [0.25, 0.3) is 10.8 Å². The highest BCUT2D eigenvalue weighted by atomic mass is 32.2. The first-order chi connectivity index (χ1) is 17.6. The lowest BCUT2D eigenvalue weighted by Crippen LogP contribution is -2.32. The van der Waals surface area contributed by atoms with Gasteiger partial charge in [-0.05, 0) is 60.3 Å². The Hall–Kier alpha value is -4.05. The number of hydrogen-bond acceptors (Lipinski definition) is 4. The lowest BCUT2D eigenvalue weighted by Gasteiger charge is -2.18. The van der Waals surface area contributed by atoms with Gasteiger partial charge in [0.05, 0.1) is 10.5 Å². The molecule has 4 aromatic carbocycles. The van der Waals surface area contributed by atoms with E-state index in [2.05, 4.69) is 10.0 Å². The van der Waals surface area contributed by atoms with Crippen LogP contribution in [0.3, 0.4) is 0 Å². The number of carbonyl (C=O) groups excluding carboxylic acids is 1. The van der Waals surface area contributed by atoms with Crippen molar-refractivity contribution in [3.8, 4) is 5.75 Å². The van der Waals surface area contributed by atoms with E-state index >= 15 is 0 Å². The molecule has 2 N–H and O–H groups in total. The number of anilines is 2. The molecule has 192 valence electrons. The van der Waals surface area contributed by atoms with Crippen LogP contribution < -0.4 is 14.8 Å². The fourth-order valence-electron chi connectivity index (χ4n) is 3.69. The summed E-state index contributed by atoms with van der Waals surface area (Å²) in [7, 11) is -4.16. The third-order valence-electron chi connectivity index (χ3n) is 5.56. The van der Waals surface area contributed by atoms with Crippen LogP contribution in [0.1, 0.15) is 18.9 Å². The molecule has 4 rings (SSSR count). The fourth-order valence-corrected chi connectivity index (χ4v) is 4.74. The van der Waals surface area contributed by atoms with Crippen molar-refractivity contribution in [3.63, 3.8) is 0 Å². The fraction of sp³-hybridized carbons (Fsp3) is 0.148. The molecule has 1 amide bonds. The van der Waals surface area contributed by atoms with Crippen LogP contribution in [-0.2, 0) is 21.0 Å². The predicted molar refractivity (Wildman–Crippen MR) is 136 cm³/mol. The first-order valence-electron chi connectivity index (χ1n) is 11.3. The summed E-state index contributed by atoms with van der Waals surface area (Å²) in [6.45, 7) is 1.81. The molecule has 0 radical (unpaired) electrons. The zero-order valence-electron chi connectivity index (χ0n) is 19.6. The molecule has 0 saturated carbocycles. The molecule has 4 aromatic rings. The Morgan fingerprint density at radius 3 is 2.27 bits per heavy atom. The molecule has 0 saturated heterocycles. The molecule has 0 heterocycles. The zero-order valence-corrected chi connectivity index (χ0v) is 20.4. The van der Waals surface area contributed by atoms with Gasteiger partial charge in [0.2, 0.25) is 0 Å². The molecule has 0 unspecified atom stereocenters. The van der Waals surface area contributed by atoms with E-state index in [9.17, 15) is 26.4 Å². The van der Waals surface area contributed by atoms with Gasteiger partial charge in [0.15, 0.2) is 6.10 Å². The van der Waals surface area contributed by atoms with Gasteiger partial charge in [-0.25, -0.2) is 8.42 Å². The first kappa shape index (κ1) is 26.0. The summed E-state index contributed by atoms with van der Waals surface area (Å²) in [5, 5.41) is 4.56. The number of nitrogens with one attached hydrogen (secondary N) is 2. The van der Waals surface area contributed by atoms with Crippen molar-refractivity contribution in [1.29, 1.82) is 0 Å². The summed E-state index contributed by atoms with van der Waals surface area (Å²) in [5.74, 6) is 0.162. The van der Waals surface area contributed by atoms with Crippen LogP contribution in [0.15, 0.2) is 95.9 Å². The average molecular weight is 529 g/mol. The Kier molecular flexibility index (Phi) is 7.40. The number of carbonyl (C=O) groups is 1. The Morgan fingerprint density at radius 2 is 1.57 bits per heavy atom. The Balaban J connectivity index is 1.45. The molecule has 0 spiro atoms. The van der Waals surface area contributed by atoms with Crippen LogP contribution in [0.5, 0.6) is 5.75 Å². The van der Waals surface area contributed by atoms with Gasteiger partial charge >= 0.3 is 6.18 Å². The summed E-state index contributed by atoms with van der Waals surface area (Å²) in [5.41, 5.74) is -0.853. The van der Waals surface area contributed by atoms with E-state index in [-0.39, 0.29) is 10.6 Å². The molecular weight excluding hydrogens is 505 g/mol. The van der Waals surface area contributed by atoms with Crippen LogP contribution >= 0.6 is 0 Å². The van der Waals surface area contributed by atoms with Crippen LogP contribution in [0, 0.1) is 0 Å². The smallest absolute Gasteiger partial charge is 0.416 e. The number of alkyl halides is 3. The van der Waals surface area contributed by atoms with E-state index in [1.807, 2.05) is 43.3 Å². The second-order valence-corrected chi connectivity index (χ2v) is 9.87. The third kappa shape index (κ3) is 6.21. The van der Waals surface area contributed by atoms with Crippen molar-refractivity contribution in [1.82, 2.24) is 0 Å². The van der Waals surface area contributed by atoms with Gasteiger partial charge in [0.1, 0.15) is 5.75 Å². The van der Waals surface area contributed by atoms with Gasteiger partial charge in [-0.1, -0.05) is 49.4 Å². The Bertz CT molecular complexity index is 1520. The van der Waals surface area contributed by atoms with Gasteiger partial charge < -0.3 is 10.1 Å². The van der Waals surface area contributed by atoms with Crippen LogP contribution in [0.2, 0.25) is 0 Å². The molecule has 0 aliphatic rings. The minimum Gasteiger partial charge on any atom is -0.480 e. The highest BCUT2D eigenvalue weighted by Crippen LogP contribution is 2.31. The van der Waals surface area contributed by atoms with E-state index < -0.39 is 33.8 Å². The first-order valence-corrected chi connectivity index (χ1v) is 12.8. The number of halogens is 3. The van der Waals surface area contributed by atoms with Gasteiger partial charge in [0.25, 0.3) is 15.9 Å². The van der Waals surface area contributed by atoms with E-state index in [1.54, 1.807) is 6.07 Å². The number of hydrogen-bond donors (Lipinski definition) is 2. The molecule has 0 bridgehead atoms. The molecule has 37 heavy (non-hydrogen) atoms. The number of ether oxygens (including phenoxy) is 1. The molecular formula is C27H23F3N2O4S. The summed E-state index contributed by atoms with van der Waals surface area (Å²) < 4.78 is 72.2. The molecule has 0 aromatic heterocycles. The van der Waals surface area contributed by atoms with E-state index in [4.69, 9.17) is 4.74 Å². The normalized spacial score (nSPS) is 12.6. The zero-order chi connectivity index (χ0) is 26.6. The minimum absolute atomic E-state index is 0.179. The highest BCUT2D eigenvalue weighted by molar-refractivity contribution is 7.92. The Labute approximate surface area is 212 Å². The number of amides is 1. The van der Waals surface area contributed by atoms with Gasteiger partial charge in [-0.3, -0.25) is 9.52 Å². The van der Waals surface area contributed by atoms with Crippen molar-refractivity contribution in [3.05, 3.63) is 96.6 Å². The summed E-state index contributed by atoms with van der Waals surface area (Å²) >= 11 is 0. The second kappa shape index (κ2) is 10.5. The van der Waals surface area contributed by atoms with Crippen molar-refractivity contribution in [2.75, 3.05) is 10.0 Å². The minimum atomic E-state index is -4.60. The molecule has 1 atom stereocenters. The van der Waals surface area contributed by atoms with Gasteiger partial charge in [0, 0.05) is 16.8 Å². The summed E-state index contributed by atoms with van der Waals surface area (Å²) in [4.78, 5) is 12.7. The van der Waals surface area contributed by atoms with E-state index in [0.717, 1.165) is 22.9 Å². The number of fused-ring (bicyclic) bond motifs is 1. The lowest BCUT2D eigenvalue weighted by atomic mass is 10.1. The number of rotatable bonds is 8. The van der Waals surface area contributed by atoms with Crippen LogP contribution in [0.4, 0.5) is 24.5 Å². The maximum atomic E-state index is 12.9. The Morgan fingerprint density at radius 1 is 0.892 bits per heavy atom. The van der Waals surface area contributed by atoms with Crippen molar-refractivity contribution in [2.45, 2.75) is 30.5 Å². The van der Waals surface area contributed by atoms with Crippen molar-refractivity contribution < 1.29 is 31.1 Å².